The quantitative estimate of drug-likeness (QED) is 0.781. The first kappa shape index (κ1) is 18.2. The molecule has 23 heavy (non-hydrogen) atoms. The Hall–Kier alpha value is -1.15. The van der Waals surface area contributed by atoms with Gasteiger partial charge in [-0.05, 0) is 43.5 Å². The van der Waals surface area contributed by atoms with Crippen LogP contribution in [0.4, 0.5) is 0 Å². The molecule has 1 saturated carbocycles. The summed E-state index contributed by atoms with van der Waals surface area (Å²) in [6.45, 7) is 0.428. The van der Waals surface area contributed by atoms with Crippen molar-refractivity contribution in [1.82, 2.24) is 4.72 Å². The van der Waals surface area contributed by atoms with Crippen LogP contribution in [0.1, 0.15) is 36.0 Å². The monoisotopic (exact) mass is 360 g/mol. The number of esters is 1. The molecule has 2 unspecified atom stereocenters. The number of sulfonamides is 1. The zero-order valence-electron chi connectivity index (χ0n) is 12.9. The Morgan fingerprint density at radius 1 is 1.39 bits per heavy atom. The normalized spacial score (nSPS) is 21.9. The van der Waals surface area contributed by atoms with E-state index in [9.17, 15) is 13.2 Å². The van der Waals surface area contributed by atoms with Crippen LogP contribution in [-0.2, 0) is 14.8 Å². The predicted octanol–water partition coefficient (Wildman–Crippen LogP) is 1.92. The van der Waals surface area contributed by atoms with Crippen molar-refractivity contribution in [3.05, 3.63) is 28.8 Å². The molecule has 2 rings (SSSR count). The topological polar surface area (TPSA) is 98.5 Å². The number of rotatable bonds is 5. The van der Waals surface area contributed by atoms with Gasteiger partial charge in [0.25, 0.3) is 0 Å². The minimum Gasteiger partial charge on any atom is -0.465 e. The van der Waals surface area contributed by atoms with E-state index >= 15 is 0 Å². The number of ether oxygens (including phenoxy) is 1. The first-order valence-electron chi connectivity index (χ1n) is 7.49. The van der Waals surface area contributed by atoms with E-state index in [1.165, 1.54) is 25.3 Å². The summed E-state index contributed by atoms with van der Waals surface area (Å²) in [5.41, 5.74) is 5.67. The van der Waals surface area contributed by atoms with E-state index in [-0.39, 0.29) is 27.4 Å². The van der Waals surface area contributed by atoms with Crippen molar-refractivity contribution in [1.29, 1.82) is 0 Å². The maximum atomic E-state index is 12.7. The van der Waals surface area contributed by atoms with Crippen LogP contribution < -0.4 is 10.5 Å². The lowest BCUT2D eigenvalue weighted by atomic mass is 9.85. The van der Waals surface area contributed by atoms with Crippen molar-refractivity contribution in [2.24, 2.45) is 11.7 Å². The van der Waals surface area contributed by atoms with Gasteiger partial charge in [-0.2, -0.15) is 0 Å². The first-order chi connectivity index (χ1) is 10.9. The van der Waals surface area contributed by atoms with Crippen molar-refractivity contribution < 1.29 is 17.9 Å². The van der Waals surface area contributed by atoms with E-state index in [0.29, 0.717) is 6.54 Å². The minimum atomic E-state index is -3.87. The summed E-state index contributed by atoms with van der Waals surface area (Å²) >= 11 is 5.87. The second-order valence-corrected chi connectivity index (χ2v) is 7.76. The van der Waals surface area contributed by atoms with Crippen LogP contribution in [0.5, 0.6) is 0 Å². The molecule has 3 N–H and O–H groups in total. The summed E-state index contributed by atoms with van der Waals surface area (Å²) in [7, 11) is -2.68. The number of nitrogens with two attached hydrogens (primary N) is 1. The van der Waals surface area contributed by atoms with E-state index in [1.807, 2.05) is 0 Å². The Morgan fingerprint density at radius 3 is 2.74 bits per heavy atom. The van der Waals surface area contributed by atoms with Crippen LogP contribution >= 0.6 is 11.6 Å². The maximum Gasteiger partial charge on any atom is 0.339 e. The summed E-state index contributed by atoms with van der Waals surface area (Å²) in [6, 6.07) is 3.82. The number of benzene rings is 1. The molecule has 0 spiro atoms. The standard InChI is InChI=1S/C15H21ClN2O4S/c1-22-15(19)12-8-11(16)6-7-14(12)23(20,21)18-13-5-3-2-4-10(13)9-17/h6-8,10,13,18H,2-5,9,17H2,1H3. The molecule has 1 aliphatic rings. The number of nitrogens with one attached hydrogen (secondary N) is 1. The third-order valence-electron chi connectivity index (χ3n) is 4.15. The lowest BCUT2D eigenvalue weighted by Gasteiger charge is -2.31. The van der Waals surface area contributed by atoms with Gasteiger partial charge in [0.2, 0.25) is 10.0 Å². The predicted molar refractivity (Wildman–Crippen MR) is 87.9 cm³/mol. The number of carbonyl (C=O) groups excluding carboxylic acids is 1. The van der Waals surface area contributed by atoms with Crippen LogP contribution in [0.3, 0.4) is 0 Å². The molecule has 1 fully saturated rings. The minimum absolute atomic E-state index is 0.0763. The SMILES string of the molecule is COC(=O)c1cc(Cl)ccc1S(=O)(=O)NC1CCCCC1CN. The number of carbonyl (C=O) groups is 1. The summed E-state index contributed by atoms with van der Waals surface area (Å²) in [6.07, 6.45) is 3.64. The lowest BCUT2D eigenvalue weighted by molar-refractivity contribution is 0.0596. The molecule has 0 radical (unpaired) electrons. The molecule has 1 aliphatic carbocycles. The molecule has 0 heterocycles. The fourth-order valence-corrected chi connectivity index (χ4v) is 4.60. The van der Waals surface area contributed by atoms with Gasteiger partial charge in [0.15, 0.2) is 0 Å². The van der Waals surface area contributed by atoms with E-state index in [2.05, 4.69) is 9.46 Å². The van der Waals surface area contributed by atoms with Crippen LogP contribution in [0, 0.1) is 5.92 Å². The second-order valence-electron chi connectivity index (χ2n) is 5.64. The zero-order valence-corrected chi connectivity index (χ0v) is 14.5. The van der Waals surface area contributed by atoms with E-state index in [4.69, 9.17) is 17.3 Å². The Kier molecular flexibility index (Phi) is 6.02. The summed E-state index contributed by atoms with van der Waals surface area (Å²) in [5, 5.41) is 0.266. The summed E-state index contributed by atoms with van der Waals surface area (Å²) < 4.78 is 32.8. The highest BCUT2D eigenvalue weighted by molar-refractivity contribution is 7.89. The van der Waals surface area contributed by atoms with Crippen LogP contribution in [0.25, 0.3) is 0 Å². The van der Waals surface area contributed by atoms with Crippen molar-refractivity contribution in [3.8, 4) is 0 Å². The average molecular weight is 361 g/mol. The van der Waals surface area contributed by atoms with E-state index < -0.39 is 16.0 Å². The van der Waals surface area contributed by atoms with Gasteiger partial charge in [-0.3, -0.25) is 0 Å². The van der Waals surface area contributed by atoms with Gasteiger partial charge in [-0.1, -0.05) is 24.4 Å². The lowest BCUT2D eigenvalue weighted by Crippen LogP contribution is -2.44. The molecule has 1 aromatic carbocycles. The molecule has 0 saturated heterocycles. The molecule has 8 heteroatoms. The van der Waals surface area contributed by atoms with Crippen molar-refractivity contribution >= 4 is 27.6 Å². The third-order valence-corrected chi connectivity index (χ3v) is 5.94. The summed E-state index contributed by atoms with van der Waals surface area (Å²) in [5.74, 6) is -0.640. The molecule has 128 valence electrons. The first-order valence-corrected chi connectivity index (χ1v) is 9.35. The number of hydrogen-bond acceptors (Lipinski definition) is 5. The third kappa shape index (κ3) is 4.23. The molecule has 0 amide bonds. The summed E-state index contributed by atoms with van der Waals surface area (Å²) in [4.78, 5) is 11.7. The fraction of sp³-hybridized carbons (Fsp3) is 0.533. The van der Waals surface area contributed by atoms with Crippen LogP contribution in [0.15, 0.2) is 23.1 Å². The van der Waals surface area contributed by atoms with Crippen LogP contribution in [0.2, 0.25) is 5.02 Å². The molecular weight excluding hydrogens is 340 g/mol. The molecule has 1 aromatic rings. The highest BCUT2D eigenvalue weighted by Gasteiger charge is 2.31. The van der Waals surface area contributed by atoms with Crippen molar-refractivity contribution in [2.45, 2.75) is 36.6 Å². The smallest absolute Gasteiger partial charge is 0.339 e. The van der Waals surface area contributed by atoms with Gasteiger partial charge >= 0.3 is 5.97 Å². The maximum absolute atomic E-state index is 12.7. The van der Waals surface area contributed by atoms with Gasteiger partial charge in [0, 0.05) is 11.1 Å². The Balaban J connectivity index is 2.34. The van der Waals surface area contributed by atoms with E-state index in [0.717, 1.165) is 25.7 Å². The Labute approximate surface area is 141 Å². The second kappa shape index (κ2) is 7.61. The zero-order chi connectivity index (χ0) is 17.0. The molecule has 0 aromatic heterocycles. The fourth-order valence-electron chi connectivity index (χ4n) is 2.91. The highest BCUT2D eigenvalue weighted by Crippen LogP contribution is 2.27. The van der Waals surface area contributed by atoms with Crippen molar-refractivity contribution in [2.75, 3.05) is 13.7 Å². The molecule has 6 nitrogen and oxygen atoms in total. The number of methoxy groups -OCH3 is 1. The Morgan fingerprint density at radius 2 is 2.09 bits per heavy atom. The Bertz CT molecular complexity index is 678. The largest absolute Gasteiger partial charge is 0.465 e. The molecular formula is C15H21ClN2O4S. The van der Waals surface area contributed by atoms with Gasteiger partial charge < -0.3 is 10.5 Å². The van der Waals surface area contributed by atoms with Gasteiger partial charge in [-0.25, -0.2) is 17.9 Å². The van der Waals surface area contributed by atoms with Gasteiger partial charge in [0.1, 0.15) is 0 Å². The molecule has 0 aliphatic heterocycles. The molecule has 2 atom stereocenters. The number of halogens is 1. The molecule has 0 bridgehead atoms. The average Bonchev–Trinajstić information content (AvgIpc) is 2.53. The van der Waals surface area contributed by atoms with E-state index in [1.54, 1.807) is 0 Å². The number of hydrogen-bond donors (Lipinski definition) is 2. The van der Waals surface area contributed by atoms with Gasteiger partial charge in [0.05, 0.1) is 17.6 Å². The highest BCUT2D eigenvalue weighted by atomic mass is 35.5. The van der Waals surface area contributed by atoms with Crippen LogP contribution in [-0.4, -0.2) is 34.1 Å². The van der Waals surface area contributed by atoms with Gasteiger partial charge in [-0.15, -0.1) is 0 Å². The van der Waals surface area contributed by atoms with Crippen molar-refractivity contribution in [3.63, 3.8) is 0 Å².